The highest BCUT2D eigenvalue weighted by atomic mass is 19.1. The quantitative estimate of drug-likeness (QED) is 0.673. The number of hydrogen-bond donors (Lipinski definition) is 1. The van der Waals surface area contributed by atoms with Crippen LogP contribution in [0.5, 0.6) is 0 Å². The minimum Gasteiger partial charge on any atom is -0.356 e. The van der Waals surface area contributed by atoms with E-state index in [1.807, 2.05) is 13.8 Å². The summed E-state index contributed by atoms with van der Waals surface area (Å²) in [4.78, 5) is 23.7. The number of anilines is 1. The van der Waals surface area contributed by atoms with Crippen molar-refractivity contribution in [1.29, 1.82) is 5.26 Å². The maximum absolute atomic E-state index is 13.4. The van der Waals surface area contributed by atoms with Crippen LogP contribution in [0.4, 0.5) is 10.2 Å². The largest absolute Gasteiger partial charge is 0.356 e. The highest BCUT2D eigenvalue weighted by Gasteiger charge is 2.24. The van der Waals surface area contributed by atoms with E-state index in [4.69, 9.17) is 0 Å². The van der Waals surface area contributed by atoms with Crippen LogP contribution in [0.25, 0.3) is 11.3 Å². The van der Waals surface area contributed by atoms with E-state index in [0.29, 0.717) is 22.4 Å². The molecule has 3 aromatic rings. The normalized spacial score (nSPS) is 14.1. The fraction of sp³-hybridized carbons (Fsp3) is 0.280. The summed E-state index contributed by atoms with van der Waals surface area (Å²) in [7, 11) is 0. The van der Waals surface area contributed by atoms with E-state index in [0.717, 1.165) is 42.9 Å². The van der Waals surface area contributed by atoms with E-state index >= 15 is 0 Å². The Morgan fingerprint density at radius 1 is 1.12 bits per heavy atom. The van der Waals surface area contributed by atoms with Crippen LogP contribution in [-0.2, 0) is 0 Å². The lowest BCUT2D eigenvalue weighted by Crippen LogP contribution is -2.45. The lowest BCUT2D eigenvalue weighted by atomic mass is 10.0. The number of carbonyl (C=O) groups is 1. The maximum Gasteiger partial charge on any atom is 0.253 e. The number of nitrogens with zero attached hydrogens (tertiary/aromatic N) is 4. The number of carbonyl (C=O) groups excluding carboxylic acids is 1. The van der Waals surface area contributed by atoms with Gasteiger partial charge in [0.2, 0.25) is 0 Å². The molecule has 0 atom stereocenters. The summed E-state index contributed by atoms with van der Waals surface area (Å²) >= 11 is 0. The number of halogens is 1. The predicted molar refractivity (Wildman–Crippen MR) is 121 cm³/mol. The monoisotopic (exact) mass is 429 g/mol. The summed E-state index contributed by atoms with van der Waals surface area (Å²) in [5.74, 6) is 0.424. The molecule has 7 heteroatoms. The molecule has 0 saturated carbocycles. The van der Waals surface area contributed by atoms with Crippen LogP contribution in [0.15, 0.2) is 48.8 Å². The lowest BCUT2D eigenvalue weighted by molar-refractivity contribution is 0.0930. The molecule has 1 fully saturated rings. The van der Waals surface area contributed by atoms with E-state index in [1.165, 1.54) is 18.3 Å². The van der Waals surface area contributed by atoms with Crippen molar-refractivity contribution < 1.29 is 9.18 Å². The number of pyridine rings is 2. The average Bonchev–Trinajstić information content (AvgIpc) is 2.81. The molecule has 1 amide bonds. The fourth-order valence-corrected chi connectivity index (χ4v) is 3.97. The SMILES string of the molecule is Cc1c(C#N)cnc(N2CCC(NC(=O)c3ccc(-c4cccc(F)c4)nc3)CC2)c1C. The summed E-state index contributed by atoms with van der Waals surface area (Å²) in [6.07, 6.45) is 4.77. The molecular formula is C25H24FN5O. The first-order valence-electron chi connectivity index (χ1n) is 10.6. The van der Waals surface area contributed by atoms with Gasteiger partial charge in [-0.25, -0.2) is 9.37 Å². The second kappa shape index (κ2) is 9.15. The number of hydrogen-bond acceptors (Lipinski definition) is 5. The Hall–Kier alpha value is -3.79. The summed E-state index contributed by atoms with van der Waals surface area (Å²) in [5, 5.41) is 12.3. The molecule has 32 heavy (non-hydrogen) atoms. The molecule has 162 valence electrons. The number of piperidine rings is 1. The van der Waals surface area contributed by atoms with Crippen LogP contribution in [0.2, 0.25) is 0 Å². The van der Waals surface area contributed by atoms with Crippen molar-refractivity contribution in [3.05, 3.63) is 76.9 Å². The third-order valence-corrected chi connectivity index (χ3v) is 6.01. The molecule has 2 aromatic heterocycles. The first-order valence-corrected chi connectivity index (χ1v) is 10.6. The maximum atomic E-state index is 13.4. The number of benzene rings is 1. The number of nitrogens with one attached hydrogen (secondary N) is 1. The third-order valence-electron chi connectivity index (χ3n) is 6.01. The molecule has 1 aromatic carbocycles. The van der Waals surface area contributed by atoms with Gasteiger partial charge in [0.05, 0.1) is 16.8 Å². The van der Waals surface area contributed by atoms with E-state index in [9.17, 15) is 14.4 Å². The van der Waals surface area contributed by atoms with Crippen molar-refractivity contribution in [2.45, 2.75) is 32.7 Å². The number of nitriles is 1. The Bertz CT molecular complexity index is 1180. The molecule has 0 bridgehead atoms. The Morgan fingerprint density at radius 2 is 1.91 bits per heavy atom. The van der Waals surface area contributed by atoms with Crippen molar-refractivity contribution in [1.82, 2.24) is 15.3 Å². The molecule has 1 aliphatic heterocycles. The van der Waals surface area contributed by atoms with Crippen molar-refractivity contribution in [2.24, 2.45) is 0 Å². The molecule has 1 aliphatic rings. The number of rotatable bonds is 4. The van der Waals surface area contributed by atoms with Crippen LogP contribution < -0.4 is 10.2 Å². The first-order chi connectivity index (χ1) is 15.5. The van der Waals surface area contributed by atoms with Crippen molar-refractivity contribution >= 4 is 11.7 Å². The number of aromatic nitrogens is 2. The van der Waals surface area contributed by atoms with Crippen molar-refractivity contribution in [2.75, 3.05) is 18.0 Å². The van der Waals surface area contributed by atoms with Crippen LogP contribution in [0.3, 0.4) is 0 Å². The Labute approximate surface area is 186 Å². The molecule has 0 aliphatic carbocycles. The summed E-state index contributed by atoms with van der Waals surface area (Å²) in [5.41, 5.74) is 4.36. The zero-order chi connectivity index (χ0) is 22.7. The van der Waals surface area contributed by atoms with Gasteiger partial charge in [0.25, 0.3) is 5.91 Å². The van der Waals surface area contributed by atoms with Crippen LogP contribution >= 0.6 is 0 Å². The Balaban J connectivity index is 1.36. The predicted octanol–water partition coefficient (Wildman–Crippen LogP) is 4.17. The first kappa shape index (κ1) is 21.4. The van der Waals surface area contributed by atoms with Gasteiger partial charge in [-0.1, -0.05) is 12.1 Å². The van der Waals surface area contributed by atoms with Gasteiger partial charge in [-0.15, -0.1) is 0 Å². The van der Waals surface area contributed by atoms with E-state index in [2.05, 4.69) is 26.3 Å². The third kappa shape index (κ3) is 4.45. The molecule has 3 heterocycles. The number of amides is 1. The molecule has 1 N–H and O–H groups in total. The van der Waals surface area contributed by atoms with Gasteiger partial charge in [0.1, 0.15) is 17.7 Å². The molecular weight excluding hydrogens is 405 g/mol. The lowest BCUT2D eigenvalue weighted by Gasteiger charge is -2.34. The van der Waals surface area contributed by atoms with Gasteiger partial charge in [0, 0.05) is 37.1 Å². The summed E-state index contributed by atoms with van der Waals surface area (Å²) in [6.45, 7) is 5.49. The van der Waals surface area contributed by atoms with E-state index in [1.54, 1.807) is 30.5 Å². The van der Waals surface area contributed by atoms with Crippen molar-refractivity contribution in [3.63, 3.8) is 0 Å². The molecule has 1 saturated heterocycles. The van der Waals surface area contributed by atoms with Crippen LogP contribution in [0.1, 0.15) is 39.9 Å². The van der Waals surface area contributed by atoms with Crippen molar-refractivity contribution in [3.8, 4) is 17.3 Å². The van der Waals surface area contributed by atoms with Gasteiger partial charge in [0.15, 0.2) is 0 Å². The highest BCUT2D eigenvalue weighted by Crippen LogP contribution is 2.25. The zero-order valence-electron chi connectivity index (χ0n) is 18.1. The van der Waals surface area contributed by atoms with Gasteiger partial charge in [-0.05, 0) is 62.1 Å². The fourth-order valence-electron chi connectivity index (χ4n) is 3.97. The van der Waals surface area contributed by atoms with Crippen LogP contribution in [0, 0.1) is 31.0 Å². The van der Waals surface area contributed by atoms with E-state index < -0.39 is 0 Å². The molecule has 6 nitrogen and oxygen atoms in total. The van der Waals surface area contributed by atoms with Gasteiger partial charge in [-0.2, -0.15) is 5.26 Å². The minimum atomic E-state index is -0.320. The van der Waals surface area contributed by atoms with E-state index in [-0.39, 0.29) is 17.8 Å². The van der Waals surface area contributed by atoms with Gasteiger partial charge in [-0.3, -0.25) is 9.78 Å². The minimum absolute atomic E-state index is 0.0708. The molecule has 0 radical (unpaired) electrons. The highest BCUT2D eigenvalue weighted by molar-refractivity contribution is 5.94. The topological polar surface area (TPSA) is 81.9 Å². The average molecular weight is 429 g/mol. The second-order valence-corrected chi connectivity index (χ2v) is 8.03. The summed E-state index contributed by atoms with van der Waals surface area (Å²) < 4.78 is 13.4. The van der Waals surface area contributed by atoms with Crippen LogP contribution in [-0.4, -0.2) is 35.0 Å². The Morgan fingerprint density at radius 3 is 2.56 bits per heavy atom. The Kier molecular flexibility index (Phi) is 6.13. The molecule has 0 spiro atoms. The summed E-state index contributed by atoms with van der Waals surface area (Å²) in [6, 6.07) is 11.9. The standard InChI is InChI=1S/C25H24FN5O/c1-16-17(2)24(29-15-20(16)13-27)31-10-8-22(9-11-31)30-25(32)19-6-7-23(28-14-19)18-4-3-5-21(26)12-18/h3-7,12,14-15,22H,8-11H2,1-2H3,(H,30,32). The smallest absolute Gasteiger partial charge is 0.253 e. The van der Waals surface area contributed by atoms with Gasteiger partial charge < -0.3 is 10.2 Å². The zero-order valence-corrected chi connectivity index (χ0v) is 18.1. The second-order valence-electron chi connectivity index (χ2n) is 8.03. The molecule has 4 rings (SSSR count). The van der Waals surface area contributed by atoms with Gasteiger partial charge >= 0.3 is 0 Å². The molecule has 0 unspecified atom stereocenters.